The molecule has 0 bridgehead atoms. The number of nitrogens with zero attached hydrogens (tertiary/aromatic N) is 4. The van der Waals surface area contributed by atoms with Crippen LogP contribution in [-0.4, -0.2) is 26.5 Å². The van der Waals surface area contributed by atoms with Crippen molar-refractivity contribution in [3.63, 3.8) is 0 Å². The second kappa shape index (κ2) is 9.20. The van der Waals surface area contributed by atoms with Crippen molar-refractivity contribution >= 4 is 38.6 Å². The Morgan fingerprint density at radius 1 is 0.971 bits per heavy atom. The lowest BCUT2D eigenvalue weighted by Gasteiger charge is -2.13. The Labute approximate surface area is 212 Å². The number of hydrogen-bond acceptors (Lipinski definition) is 8. The zero-order chi connectivity index (χ0) is 23.8. The molecule has 5 aromatic rings. The van der Waals surface area contributed by atoms with Gasteiger partial charge in [-0.3, -0.25) is 9.36 Å². The van der Waals surface area contributed by atoms with E-state index in [1.54, 1.807) is 10.6 Å². The van der Waals surface area contributed by atoms with E-state index in [4.69, 9.17) is 19.0 Å². The van der Waals surface area contributed by atoms with E-state index < -0.39 is 0 Å². The molecule has 8 nitrogen and oxygen atoms in total. The van der Waals surface area contributed by atoms with Gasteiger partial charge >= 0.3 is 0 Å². The van der Waals surface area contributed by atoms with Gasteiger partial charge in [-0.05, 0) is 54.1 Å². The summed E-state index contributed by atoms with van der Waals surface area (Å²) in [6, 6.07) is 20.7. The van der Waals surface area contributed by atoms with Gasteiger partial charge in [0, 0.05) is 10.0 Å². The Bertz CT molecular complexity index is 1600. The molecule has 0 N–H and O–H groups in total. The van der Waals surface area contributed by atoms with E-state index in [1.165, 1.54) is 11.8 Å². The van der Waals surface area contributed by atoms with Crippen LogP contribution in [0.3, 0.4) is 0 Å². The molecular weight excluding hydrogens is 532 g/mol. The monoisotopic (exact) mass is 548 g/mol. The Morgan fingerprint density at radius 3 is 2.69 bits per heavy atom. The number of hydrogen-bond donors (Lipinski definition) is 0. The van der Waals surface area contributed by atoms with Crippen molar-refractivity contribution in [1.29, 1.82) is 0 Å². The van der Waals surface area contributed by atoms with Gasteiger partial charge in [0.15, 0.2) is 16.7 Å². The Hall–Kier alpha value is -3.63. The first-order chi connectivity index (χ1) is 17.1. The smallest absolute Gasteiger partial charge is 0.262 e. The summed E-state index contributed by atoms with van der Waals surface area (Å²) in [6.07, 6.45) is 0. The highest BCUT2D eigenvalue weighted by molar-refractivity contribution is 9.10. The molecule has 0 atom stereocenters. The van der Waals surface area contributed by atoms with Crippen molar-refractivity contribution in [1.82, 2.24) is 19.7 Å². The van der Waals surface area contributed by atoms with E-state index in [1.807, 2.05) is 60.7 Å². The van der Waals surface area contributed by atoms with Crippen LogP contribution in [0.25, 0.3) is 22.3 Å². The van der Waals surface area contributed by atoms with E-state index in [9.17, 15) is 4.79 Å². The molecule has 0 unspecified atom stereocenters. The van der Waals surface area contributed by atoms with Gasteiger partial charge in [-0.25, -0.2) is 4.98 Å². The fourth-order valence-electron chi connectivity index (χ4n) is 3.78. The van der Waals surface area contributed by atoms with Gasteiger partial charge in [0.1, 0.15) is 0 Å². The second-order valence-electron chi connectivity index (χ2n) is 7.80. The molecule has 6 rings (SSSR count). The molecule has 0 fully saturated rings. The van der Waals surface area contributed by atoms with Gasteiger partial charge in [-0.2, -0.15) is 4.98 Å². The number of thioether (sulfide) groups is 1. The summed E-state index contributed by atoms with van der Waals surface area (Å²) >= 11 is 4.80. The summed E-state index contributed by atoms with van der Waals surface area (Å²) in [5.41, 5.74) is 2.29. The minimum absolute atomic E-state index is 0.114. The van der Waals surface area contributed by atoms with Gasteiger partial charge < -0.3 is 14.0 Å². The molecule has 0 aliphatic carbocycles. The number of aromatic nitrogens is 4. The highest BCUT2D eigenvalue weighted by Gasteiger charge is 2.17. The Morgan fingerprint density at radius 2 is 1.80 bits per heavy atom. The minimum atomic E-state index is -0.114. The molecule has 1 aliphatic heterocycles. The third-order valence-electron chi connectivity index (χ3n) is 5.50. The normalized spacial score (nSPS) is 12.4. The van der Waals surface area contributed by atoms with Gasteiger partial charge in [-0.1, -0.05) is 51.0 Å². The van der Waals surface area contributed by atoms with Crippen molar-refractivity contribution in [3.05, 3.63) is 93.0 Å². The average molecular weight is 549 g/mol. The van der Waals surface area contributed by atoms with Gasteiger partial charge in [-0.15, -0.1) is 0 Å². The number of benzene rings is 3. The first kappa shape index (κ1) is 21.9. The Balaban J connectivity index is 1.31. The maximum absolute atomic E-state index is 13.4. The second-order valence-corrected chi connectivity index (χ2v) is 9.66. The number of para-hydroxylation sites is 1. The van der Waals surface area contributed by atoms with Gasteiger partial charge in [0.25, 0.3) is 5.56 Å². The largest absolute Gasteiger partial charge is 0.454 e. The molecule has 10 heteroatoms. The van der Waals surface area contributed by atoms with Gasteiger partial charge in [0.2, 0.25) is 18.5 Å². The lowest BCUT2D eigenvalue weighted by Crippen LogP contribution is -2.24. The fourth-order valence-corrected chi connectivity index (χ4v) is 4.88. The minimum Gasteiger partial charge on any atom is -0.454 e. The van der Waals surface area contributed by atoms with Crippen LogP contribution in [-0.2, 0) is 12.3 Å². The molecular formula is C25H17BrN4O4S. The van der Waals surface area contributed by atoms with Gasteiger partial charge in [0.05, 0.1) is 23.2 Å². The van der Waals surface area contributed by atoms with Crippen molar-refractivity contribution in [3.8, 4) is 22.9 Å². The summed E-state index contributed by atoms with van der Waals surface area (Å²) in [7, 11) is 0. The molecule has 0 saturated heterocycles. The number of fused-ring (bicyclic) bond motifs is 2. The summed E-state index contributed by atoms with van der Waals surface area (Å²) in [5.74, 6) is 2.70. The summed E-state index contributed by atoms with van der Waals surface area (Å²) in [4.78, 5) is 22.7. The van der Waals surface area contributed by atoms with Crippen LogP contribution in [0.2, 0.25) is 0 Å². The molecule has 3 heterocycles. The Kier molecular flexibility index (Phi) is 5.75. The van der Waals surface area contributed by atoms with Crippen LogP contribution in [0.5, 0.6) is 11.5 Å². The first-order valence-corrected chi connectivity index (χ1v) is 12.5. The maximum Gasteiger partial charge on any atom is 0.262 e. The fraction of sp³-hybridized carbons (Fsp3) is 0.120. The highest BCUT2D eigenvalue weighted by Crippen LogP contribution is 2.33. The van der Waals surface area contributed by atoms with Crippen molar-refractivity contribution in [2.75, 3.05) is 6.79 Å². The standard InChI is InChI=1S/C25H17BrN4O4S/c26-17-8-6-16(7-9-17)23-28-22(34-29-23)13-35-25-27-19-4-2-1-3-18(19)24(31)30(25)12-15-5-10-20-21(11-15)33-14-32-20/h1-11H,12-14H2. The summed E-state index contributed by atoms with van der Waals surface area (Å²) < 4.78 is 19.0. The zero-order valence-electron chi connectivity index (χ0n) is 18.2. The summed E-state index contributed by atoms with van der Waals surface area (Å²) in [5, 5.41) is 5.22. The van der Waals surface area contributed by atoms with Crippen molar-refractivity contribution in [2.24, 2.45) is 0 Å². The zero-order valence-corrected chi connectivity index (χ0v) is 20.6. The molecule has 35 heavy (non-hydrogen) atoms. The number of ether oxygens (including phenoxy) is 2. The van der Waals surface area contributed by atoms with Crippen LogP contribution in [0.15, 0.2) is 85.7 Å². The highest BCUT2D eigenvalue weighted by atomic mass is 79.9. The van der Waals surface area contributed by atoms with E-state index >= 15 is 0 Å². The molecule has 0 amide bonds. The van der Waals surface area contributed by atoms with Crippen LogP contribution < -0.4 is 15.0 Å². The third-order valence-corrected chi connectivity index (χ3v) is 6.99. The predicted octanol–water partition coefficient (Wildman–Crippen LogP) is 5.28. The molecule has 3 aromatic carbocycles. The lowest BCUT2D eigenvalue weighted by molar-refractivity contribution is 0.174. The average Bonchev–Trinajstić information content (AvgIpc) is 3.55. The molecule has 1 aliphatic rings. The summed E-state index contributed by atoms with van der Waals surface area (Å²) in [6.45, 7) is 0.535. The number of halogens is 1. The molecule has 174 valence electrons. The van der Waals surface area contributed by atoms with E-state index in [0.717, 1.165) is 15.6 Å². The van der Waals surface area contributed by atoms with Crippen LogP contribution in [0.1, 0.15) is 11.5 Å². The predicted molar refractivity (Wildman–Crippen MR) is 135 cm³/mol. The van der Waals surface area contributed by atoms with Crippen molar-refractivity contribution < 1.29 is 14.0 Å². The molecule has 0 spiro atoms. The maximum atomic E-state index is 13.4. The lowest BCUT2D eigenvalue weighted by atomic mass is 10.2. The number of rotatable bonds is 6. The molecule has 2 aromatic heterocycles. The molecule has 0 radical (unpaired) electrons. The third kappa shape index (κ3) is 4.42. The van der Waals surface area contributed by atoms with Crippen LogP contribution >= 0.6 is 27.7 Å². The topological polar surface area (TPSA) is 92.3 Å². The van der Waals surface area contributed by atoms with Crippen LogP contribution in [0, 0.1) is 0 Å². The SMILES string of the molecule is O=c1c2ccccc2nc(SCc2nc(-c3ccc(Br)cc3)no2)n1Cc1ccc2c(c1)OCO2. The molecule has 0 saturated carbocycles. The van der Waals surface area contributed by atoms with E-state index in [2.05, 4.69) is 26.1 Å². The van der Waals surface area contributed by atoms with Crippen LogP contribution in [0.4, 0.5) is 0 Å². The van der Waals surface area contributed by atoms with E-state index in [-0.39, 0.29) is 12.4 Å². The quantitative estimate of drug-likeness (QED) is 0.209. The van der Waals surface area contributed by atoms with E-state index in [0.29, 0.717) is 51.6 Å². The van der Waals surface area contributed by atoms with Crippen molar-refractivity contribution in [2.45, 2.75) is 17.5 Å². The first-order valence-electron chi connectivity index (χ1n) is 10.7.